The van der Waals surface area contributed by atoms with E-state index in [1.54, 1.807) is 12.1 Å². The fraction of sp³-hybridized carbons (Fsp3) is 0.188. The fourth-order valence-electron chi connectivity index (χ4n) is 2.19. The lowest BCUT2D eigenvalue weighted by atomic mass is 9.99. The number of hydrogen-bond acceptors (Lipinski definition) is 3. The van der Waals surface area contributed by atoms with Crippen LogP contribution in [-0.4, -0.2) is 29.0 Å². The van der Waals surface area contributed by atoms with Gasteiger partial charge in [0.2, 0.25) is 0 Å². The Labute approximate surface area is 122 Å². The maximum atomic E-state index is 11.8. The summed E-state index contributed by atoms with van der Waals surface area (Å²) in [6.07, 6.45) is 0. The summed E-state index contributed by atoms with van der Waals surface area (Å²) in [5.74, 6) is -1.38. The van der Waals surface area contributed by atoms with E-state index in [4.69, 9.17) is 0 Å². The first-order chi connectivity index (χ1) is 9.90. The second-order valence-corrected chi connectivity index (χ2v) is 4.82. The van der Waals surface area contributed by atoms with Crippen LogP contribution in [0.4, 0.5) is 0 Å². The molecule has 5 nitrogen and oxygen atoms in total. The van der Waals surface area contributed by atoms with Gasteiger partial charge in [-0.25, -0.2) is 4.79 Å². The van der Waals surface area contributed by atoms with Gasteiger partial charge in [-0.3, -0.25) is 9.78 Å². The normalized spacial score (nSPS) is 10.2. The first kappa shape index (κ1) is 14.7. The number of nitrogens with zero attached hydrogens (tertiary/aromatic N) is 1. The Morgan fingerprint density at radius 3 is 2.00 bits per heavy atom. The molecule has 0 atom stereocenters. The van der Waals surface area contributed by atoms with Crippen LogP contribution in [-0.2, 0) is 0 Å². The number of carbonyl (C=O) groups excluding carboxylic acids is 1. The molecule has 0 saturated carbocycles. The number of aromatic carboxylic acids is 1. The van der Waals surface area contributed by atoms with Gasteiger partial charge in [0.1, 0.15) is 0 Å². The van der Waals surface area contributed by atoms with Crippen LogP contribution in [0.2, 0.25) is 0 Å². The lowest BCUT2D eigenvalue weighted by Gasteiger charge is -2.09. The lowest BCUT2D eigenvalue weighted by molar-refractivity contribution is 0.0697. The summed E-state index contributed by atoms with van der Waals surface area (Å²) in [6, 6.07) is 8.33. The first-order valence-electron chi connectivity index (χ1n) is 6.47. The number of pyridine rings is 1. The molecule has 0 aliphatic carbocycles. The van der Waals surface area contributed by atoms with Gasteiger partial charge in [-0.1, -0.05) is 0 Å². The molecule has 0 radical (unpaired) electrons. The number of aromatic nitrogens is 1. The van der Waals surface area contributed by atoms with Gasteiger partial charge < -0.3 is 10.4 Å². The number of aryl methyl sites for hydroxylation is 2. The van der Waals surface area contributed by atoms with Crippen LogP contribution in [0.3, 0.4) is 0 Å². The number of carboxylic acids is 1. The van der Waals surface area contributed by atoms with E-state index in [9.17, 15) is 14.7 Å². The highest BCUT2D eigenvalue weighted by molar-refractivity contribution is 5.99. The van der Waals surface area contributed by atoms with Crippen molar-refractivity contribution in [1.82, 2.24) is 10.3 Å². The summed E-state index contributed by atoms with van der Waals surface area (Å²) >= 11 is 0. The average Bonchev–Trinajstić information content (AvgIpc) is 2.44. The van der Waals surface area contributed by atoms with Crippen LogP contribution in [0, 0.1) is 13.8 Å². The molecule has 2 aromatic rings. The van der Waals surface area contributed by atoms with Crippen molar-refractivity contribution >= 4 is 11.9 Å². The van der Waals surface area contributed by atoms with E-state index in [1.807, 2.05) is 26.0 Å². The zero-order valence-corrected chi connectivity index (χ0v) is 12.1. The molecule has 2 N–H and O–H groups in total. The molecule has 108 valence electrons. The number of hydrogen-bond donors (Lipinski definition) is 2. The van der Waals surface area contributed by atoms with Crippen molar-refractivity contribution in [2.75, 3.05) is 7.05 Å². The molecule has 2 rings (SSSR count). The molecule has 5 heteroatoms. The molecular formula is C16H16N2O3. The number of amides is 1. The Bertz CT molecular complexity index is 703. The molecule has 0 aliphatic heterocycles. The van der Waals surface area contributed by atoms with Crippen LogP contribution in [0.15, 0.2) is 30.3 Å². The van der Waals surface area contributed by atoms with Crippen LogP contribution in [0.1, 0.15) is 32.1 Å². The number of nitrogens with one attached hydrogen (secondary N) is 1. The van der Waals surface area contributed by atoms with Crippen molar-refractivity contribution in [3.05, 3.63) is 52.8 Å². The molecule has 0 spiro atoms. The van der Waals surface area contributed by atoms with E-state index in [-0.39, 0.29) is 11.5 Å². The van der Waals surface area contributed by atoms with E-state index in [0.717, 1.165) is 17.0 Å². The van der Waals surface area contributed by atoms with E-state index in [0.29, 0.717) is 11.1 Å². The third-order valence-corrected chi connectivity index (χ3v) is 3.08. The van der Waals surface area contributed by atoms with E-state index < -0.39 is 5.97 Å². The maximum absolute atomic E-state index is 11.8. The van der Waals surface area contributed by atoms with E-state index in [2.05, 4.69) is 10.3 Å². The molecular weight excluding hydrogens is 268 g/mol. The fourth-order valence-corrected chi connectivity index (χ4v) is 2.19. The summed E-state index contributed by atoms with van der Waals surface area (Å²) in [5, 5.41) is 11.7. The number of carbonyl (C=O) groups is 2. The van der Waals surface area contributed by atoms with E-state index >= 15 is 0 Å². The molecule has 21 heavy (non-hydrogen) atoms. The molecule has 1 aromatic carbocycles. The molecule has 1 heterocycles. The zero-order valence-electron chi connectivity index (χ0n) is 12.1. The summed E-state index contributed by atoms with van der Waals surface area (Å²) in [5.41, 5.74) is 3.60. The predicted molar refractivity (Wildman–Crippen MR) is 79.5 cm³/mol. The molecule has 1 amide bonds. The lowest BCUT2D eigenvalue weighted by Crippen LogP contribution is -2.18. The second-order valence-electron chi connectivity index (χ2n) is 4.82. The largest absolute Gasteiger partial charge is 0.478 e. The molecule has 0 unspecified atom stereocenters. The quantitative estimate of drug-likeness (QED) is 0.907. The summed E-state index contributed by atoms with van der Waals surface area (Å²) in [6.45, 7) is 3.74. The Morgan fingerprint density at radius 1 is 0.952 bits per heavy atom. The summed E-state index contributed by atoms with van der Waals surface area (Å²) in [4.78, 5) is 27.3. The van der Waals surface area contributed by atoms with Crippen molar-refractivity contribution in [3.63, 3.8) is 0 Å². The molecule has 0 bridgehead atoms. The number of benzene rings is 1. The Hall–Kier alpha value is -2.69. The summed E-state index contributed by atoms with van der Waals surface area (Å²) < 4.78 is 0. The van der Waals surface area contributed by atoms with Gasteiger partial charge in [-0.05, 0) is 55.3 Å². The number of carboxylic acid groups (broad SMARTS) is 1. The van der Waals surface area contributed by atoms with Crippen LogP contribution >= 0.6 is 0 Å². The van der Waals surface area contributed by atoms with Crippen molar-refractivity contribution < 1.29 is 14.7 Å². The van der Waals surface area contributed by atoms with Crippen LogP contribution < -0.4 is 5.32 Å². The minimum Gasteiger partial charge on any atom is -0.478 e. The Balaban J connectivity index is 2.64. The average molecular weight is 284 g/mol. The Kier molecular flexibility index (Phi) is 4.03. The minimum absolute atomic E-state index is 0.0817. The van der Waals surface area contributed by atoms with Gasteiger partial charge in [0.25, 0.3) is 5.91 Å². The van der Waals surface area contributed by atoms with Crippen LogP contribution in [0.5, 0.6) is 0 Å². The van der Waals surface area contributed by atoms with Crippen molar-refractivity contribution in [3.8, 4) is 11.1 Å². The Morgan fingerprint density at radius 2 is 1.48 bits per heavy atom. The molecule has 1 aromatic heterocycles. The minimum atomic E-state index is -1.07. The SMILES string of the molecule is CNC(=O)c1cc(C(=O)O)cc(-c2cc(C)nc(C)c2)c1. The highest BCUT2D eigenvalue weighted by Crippen LogP contribution is 2.24. The van der Waals surface area contributed by atoms with Gasteiger partial charge in [-0.2, -0.15) is 0 Å². The smallest absolute Gasteiger partial charge is 0.335 e. The topological polar surface area (TPSA) is 79.3 Å². The predicted octanol–water partition coefficient (Wildman–Crippen LogP) is 2.42. The van der Waals surface area contributed by atoms with Crippen LogP contribution in [0.25, 0.3) is 11.1 Å². The van der Waals surface area contributed by atoms with Gasteiger partial charge in [0, 0.05) is 24.0 Å². The standard InChI is InChI=1S/C16H16N2O3/c1-9-4-11(5-10(2)18-9)12-6-13(15(19)17-3)8-14(7-12)16(20)21/h4-8H,1-3H3,(H,17,19)(H,20,21). The monoisotopic (exact) mass is 284 g/mol. The maximum Gasteiger partial charge on any atom is 0.335 e. The van der Waals surface area contributed by atoms with Gasteiger partial charge in [0.05, 0.1) is 5.56 Å². The number of rotatable bonds is 3. The first-order valence-corrected chi connectivity index (χ1v) is 6.47. The molecule has 0 saturated heterocycles. The third kappa shape index (κ3) is 3.25. The van der Waals surface area contributed by atoms with Gasteiger partial charge in [-0.15, -0.1) is 0 Å². The zero-order chi connectivity index (χ0) is 15.6. The highest BCUT2D eigenvalue weighted by atomic mass is 16.4. The summed E-state index contributed by atoms with van der Waals surface area (Å²) in [7, 11) is 1.51. The van der Waals surface area contributed by atoms with Crippen molar-refractivity contribution in [1.29, 1.82) is 0 Å². The second kappa shape index (κ2) is 5.75. The molecule has 0 aliphatic rings. The van der Waals surface area contributed by atoms with Gasteiger partial charge in [0.15, 0.2) is 0 Å². The molecule has 0 fully saturated rings. The van der Waals surface area contributed by atoms with E-state index in [1.165, 1.54) is 13.1 Å². The van der Waals surface area contributed by atoms with Crippen molar-refractivity contribution in [2.24, 2.45) is 0 Å². The third-order valence-electron chi connectivity index (χ3n) is 3.08. The highest BCUT2D eigenvalue weighted by Gasteiger charge is 2.13. The van der Waals surface area contributed by atoms with Gasteiger partial charge >= 0.3 is 5.97 Å². The van der Waals surface area contributed by atoms with Crippen molar-refractivity contribution in [2.45, 2.75) is 13.8 Å².